The van der Waals surface area contributed by atoms with E-state index < -0.39 is 5.60 Å². The molecule has 1 unspecified atom stereocenters. The molecule has 1 aliphatic carbocycles. The predicted octanol–water partition coefficient (Wildman–Crippen LogP) is 2.92. The van der Waals surface area contributed by atoms with Crippen molar-refractivity contribution in [1.82, 2.24) is 0 Å². The monoisotopic (exact) mass is 190 g/mol. The average molecular weight is 190 g/mol. The minimum atomic E-state index is -0.613. The highest BCUT2D eigenvalue weighted by molar-refractivity contribution is 5.35. The van der Waals surface area contributed by atoms with Crippen LogP contribution in [-0.2, 0) is 5.60 Å². The summed E-state index contributed by atoms with van der Waals surface area (Å²) in [5, 5.41) is 10.4. The molecule has 1 atom stereocenters. The Morgan fingerprint density at radius 1 is 1.29 bits per heavy atom. The van der Waals surface area contributed by atoms with Gasteiger partial charge in [0, 0.05) is 0 Å². The first kappa shape index (κ1) is 9.72. The molecular formula is C13H18O. The lowest BCUT2D eigenvalue weighted by atomic mass is 9.87. The van der Waals surface area contributed by atoms with Crippen LogP contribution in [0, 0.1) is 19.8 Å². The number of rotatable bonds is 2. The fraction of sp³-hybridized carbons (Fsp3) is 0.538. The molecule has 0 radical (unpaired) electrons. The summed E-state index contributed by atoms with van der Waals surface area (Å²) in [4.78, 5) is 0. The first-order valence-corrected chi connectivity index (χ1v) is 5.32. The van der Waals surface area contributed by atoms with Gasteiger partial charge in [-0.2, -0.15) is 0 Å². The number of aliphatic hydroxyl groups is 1. The zero-order valence-corrected chi connectivity index (χ0v) is 9.17. The first-order chi connectivity index (χ1) is 6.51. The Bertz CT molecular complexity index is 348. The molecule has 0 spiro atoms. The fourth-order valence-electron chi connectivity index (χ4n) is 2.25. The maximum Gasteiger partial charge on any atom is 0.0899 e. The van der Waals surface area contributed by atoms with Crippen LogP contribution >= 0.6 is 0 Å². The van der Waals surface area contributed by atoms with E-state index in [9.17, 15) is 5.11 Å². The van der Waals surface area contributed by atoms with E-state index in [1.165, 1.54) is 24.0 Å². The van der Waals surface area contributed by atoms with Gasteiger partial charge >= 0.3 is 0 Å². The third-order valence-electron chi connectivity index (χ3n) is 3.30. The Morgan fingerprint density at radius 2 is 1.93 bits per heavy atom. The molecule has 1 aliphatic rings. The maximum atomic E-state index is 10.4. The SMILES string of the molecule is Cc1ccc(C(C)(O)C2CC2)c(C)c1. The Hall–Kier alpha value is -0.820. The molecule has 14 heavy (non-hydrogen) atoms. The molecule has 76 valence electrons. The smallest absolute Gasteiger partial charge is 0.0899 e. The third-order valence-corrected chi connectivity index (χ3v) is 3.30. The van der Waals surface area contributed by atoms with Crippen molar-refractivity contribution >= 4 is 0 Å². The van der Waals surface area contributed by atoms with Crippen molar-refractivity contribution in [3.63, 3.8) is 0 Å². The molecule has 1 nitrogen and oxygen atoms in total. The molecule has 1 aromatic rings. The molecule has 2 rings (SSSR count). The summed E-state index contributed by atoms with van der Waals surface area (Å²) in [5.74, 6) is 0.476. The predicted molar refractivity (Wildman–Crippen MR) is 58.2 cm³/mol. The Morgan fingerprint density at radius 3 is 2.43 bits per heavy atom. The fourth-order valence-corrected chi connectivity index (χ4v) is 2.25. The molecule has 0 saturated heterocycles. The van der Waals surface area contributed by atoms with E-state index in [4.69, 9.17) is 0 Å². The summed E-state index contributed by atoms with van der Waals surface area (Å²) in [6, 6.07) is 6.30. The van der Waals surface area contributed by atoms with E-state index in [0.29, 0.717) is 5.92 Å². The molecular weight excluding hydrogens is 172 g/mol. The quantitative estimate of drug-likeness (QED) is 0.760. The van der Waals surface area contributed by atoms with Gasteiger partial charge in [-0.3, -0.25) is 0 Å². The van der Waals surface area contributed by atoms with Crippen molar-refractivity contribution < 1.29 is 5.11 Å². The highest BCUT2D eigenvalue weighted by atomic mass is 16.3. The molecule has 0 aromatic heterocycles. The summed E-state index contributed by atoms with van der Waals surface area (Å²) in [5.41, 5.74) is 2.96. The van der Waals surface area contributed by atoms with E-state index in [2.05, 4.69) is 32.0 Å². The summed E-state index contributed by atoms with van der Waals surface area (Å²) in [6.45, 7) is 6.12. The topological polar surface area (TPSA) is 20.2 Å². The third kappa shape index (κ3) is 1.57. The van der Waals surface area contributed by atoms with Gasteiger partial charge < -0.3 is 5.11 Å². The minimum Gasteiger partial charge on any atom is -0.385 e. The minimum absolute atomic E-state index is 0.476. The Labute approximate surface area is 85.8 Å². The van der Waals surface area contributed by atoms with Crippen molar-refractivity contribution in [1.29, 1.82) is 0 Å². The van der Waals surface area contributed by atoms with Gasteiger partial charge in [-0.25, -0.2) is 0 Å². The normalized spacial score (nSPS) is 20.6. The van der Waals surface area contributed by atoms with Gasteiger partial charge in [0.05, 0.1) is 5.60 Å². The van der Waals surface area contributed by atoms with Gasteiger partial charge in [-0.1, -0.05) is 23.8 Å². The Kier molecular flexibility index (Phi) is 2.15. The van der Waals surface area contributed by atoms with Crippen molar-refractivity contribution in [3.05, 3.63) is 34.9 Å². The van der Waals surface area contributed by atoms with Crippen LogP contribution in [0.15, 0.2) is 18.2 Å². The van der Waals surface area contributed by atoms with Crippen LogP contribution in [-0.4, -0.2) is 5.11 Å². The van der Waals surface area contributed by atoms with Gasteiger partial charge in [0.25, 0.3) is 0 Å². The number of benzene rings is 1. The van der Waals surface area contributed by atoms with Crippen LogP contribution in [0.5, 0.6) is 0 Å². The summed E-state index contributed by atoms with van der Waals surface area (Å²) in [6.07, 6.45) is 2.33. The number of aryl methyl sites for hydroxylation is 2. The van der Waals surface area contributed by atoms with E-state index in [1.807, 2.05) is 6.92 Å². The van der Waals surface area contributed by atoms with E-state index in [0.717, 1.165) is 5.56 Å². The van der Waals surface area contributed by atoms with Crippen molar-refractivity contribution in [3.8, 4) is 0 Å². The zero-order chi connectivity index (χ0) is 10.3. The summed E-state index contributed by atoms with van der Waals surface area (Å²) < 4.78 is 0. The van der Waals surface area contributed by atoms with Crippen LogP contribution in [0.2, 0.25) is 0 Å². The van der Waals surface area contributed by atoms with Crippen molar-refractivity contribution in [2.24, 2.45) is 5.92 Å². The molecule has 0 heterocycles. The van der Waals surface area contributed by atoms with E-state index in [-0.39, 0.29) is 0 Å². The van der Waals surface area contributed by atoms with Gasteiger partial charge in [0.15, 0.2) is 0 Å². The zero-order valence-electron chi connectivity index (χ0n) is 9.17. The second-order valence-electron chi connectivity index (χ2n) is 4.74. The van der Waals surface area contributed by atoms with Crippen LogP contribution in [0.4, 0.5) is 0 Å². The van der Waals surface area contributed by atoms with E-state index >= 15 is 0 Å². The van der Waals surface area contributed by atoms with E-state index in [1.54, 1.807) is 0 Å². The molecule has 1 saturated carbocycles. The number of hydrogen-bond donors (Lipinski definition) is 1. The molecule has 0 bridgehead atoms. The molecule has 1 fully saturated rings. The van der Waals surface area contributed by atoms with Crippen LogP contribution < -0.4 is 0 Å². The van der Waals surface area contributed by atoms with Gasteiger partial charge in [0.1, 0.15) is 0 Å². The lowest BCUT2D eigenvalue weighted by molar-refractivity contribution is 0.0324. The molecule has 1 heteroatoms. The molecule has 0 aliphatic heterocycles. The van der Waals surface area contributed by atoms with Crippen LogP contribution in [0.25, 0.3) is 0 Å². The summed E-state index contributed by atoms with van der Waals surface area (Å²) in [7, 11) is 0. The standard InChI is InChI=1S/C13H18O/c1-9-4-7-12(10(2)8-9)13(3,14)11-5-6-11/h4,7-8,11,14H,5-6H2,1-3H3. The molecule has 0 amide bonds. The number of hydrogen-bond acceptors (Lipinski definition) is 1. The van der Waals surface area contributed by atoms with Gasteiger partial charge in [-0.15, -0.1) is 0 Å². The van der Waals surface area contributed by atoms with Gasteiger partial charge in [-0.05, 0) is 50.7 Å². The van der Waals surface area contributed by atoms with Crippen LogP contribution in [0.3, 0.4) is 0 Å². The Balaban J connectivity index is 2.40. The van der Waals surface area contributed by atoms with Crippen LogP contribution in [0.1, 0.15) is 36.5 Å². The molecule has 1 aromatic carbocycles. The second-order valence-corrected chi connectivity index (χ2v) is 4.74. The molecule has 1 N–H and O–H groups in total. The highest BCUT2D eigenvalue weighted by Gasteiger charge is 2.41. The maximum absolute atomic E-state index is 10.4. The van der Waals surface area contributed by atoms with Gasteiger partial charge in [0.2, 0.25) is 0 Å². The summed E-state index contributed by atoms with van der Waals surface area (Å²) >= 11 is 0. The lowest BCUT2D eigenvalue weighted by Gasteiger charge is -2.25. The lowest BCUT2D eigenvalue weighted by Crippen LogP contribution is -2.24. The highest BCUT2D eigenvalue weighted by Crippen LogP contribution is 2.46. The first-order valence-electron chi connectivity index (χ1n) is 5.32. The van der Waals surface area contributed by atoms with Crippen molar-refractivity contribution in [2.75, 3.05) is 0 Å². The second kappa shape index (κ2) is 3.09. The van der Waals surface area contributed by atoms with Crippen molar-refractivity contribution in [2.45, 2.75) is 39.2 Å². The average Bonchev–Trinajstić information content (AvgIpc) is 2.84. The largest absolute Gasteiger partial charge is 0.385 e.